The maximum atomic E-state index is 11.3. The molecule has 6 nitrogen and oxygen atoms in total. The first-order valence-corrected chi connectivity index (χ1v) is 5.55. The molecule has 0 aromatic carbocycles. The Balaban J connectivity index is 3.60. The Bertz CT molecular complexity index is 240. The highest BCUT2D eigenvalue weighted by Crippen LogP contribution is 2.05. The molecule has 0 saturated carbocycles. The molecule has 0 amide bonds. The number of ether oxygens (including phenoxy) is 3. The fraction of sp³-hybridized carbons (Fsp3) is 0.818. The molecule has 0 radical (unpaired) electrons. The number of rotatable bonds is 9. The monoisotopic (exact) mass is 248 g/mol. The van der Waals surface area contributed by atoms with Crippen molar-refractivity contribution in [1.29, 1.82) is 0 Å². The Labute approximate surface area is 101 Å². The van der Waals surface area contributed by atoms with Gasteiger partial charge in [-0.25, -0.2) is 0 Å². The minimum absolute atomic E-state index is 0.0695. The Morgan fingerprint density at radius 3 is 2.24 bits per heavy atom. The summed E-state index contributed by atoms with van der Waals surface area (Å²) < 4.78 is 14.9. The topological polar surface area (TPSA) is 82.1 Å². The maximum Gasteiger partial charge on any atom is 0.308 e. The molecule has 6 heteroatoms. The zero-order chi connectivity index (χ0) is 13.3. The van der Waals surface area contributed by atoms with Crippen molar-refractivity contribution in [2.45, 2.75) is 52.1 Å². The number of carbonyl (C=O) groups is 2. The molecule has 0 heterocycles. The van der Waals surface area contributed by atoms with E-state index in [2.05, 4.69) is 0 Å². The lowest BCUT2D eigenvalue weighted by atomic mass is 10.2. The molecule has 0 bridgehead atoms. The molecule has 17 heavy (non-hydrogen) atoms. The fourth-order valence-corrected chi connectivity index (χ4v) is 1.14. The van der Waals surface area contributed by atoms with Crippen LogP contribution in [0, 0.1) is 0 Å². The van der Waals surface area contributed by atoms with Crippen molar-refractivity contribution >= 4 is 11.9 Å². The highest BCUT2D eigenvalue weighted by molar-refractivity contribution is 5.69. The molecule has 0 aliphatic heterocycles. The van der Waals surface area contributed by atoms with Crippen LogP contribution in [-0.2, 0) is 23.8 Å². The largest absolute Gasteiger partial charge is 0.481 e. The van der Waals surface area contributed by atoms with Crippen LogP contribution in [0.4, 0.5) is 0 Å². The van der Waals surface area contributed by atoms with Crippen molar-refractivity contribution in [3.8, 4) is 0 Å². The zero-order valence-corrected chi connectivity index (χ0v) is 10.5. The van der Waals surface area contributed by atoms with E-state index < -0.39 is 24.5 Å². The van der Waals surface area contributed by atoms with Gasteiger partial charge in [0.2, 0.25) is 6.29 Å². The molecule has 2 unspecified atom stereocenters. The van der Waals surface area contributed by atoms with Gasteiger partial charge in [0.15, 0.2) is 6.29 Å². The Hall–Kier alpha value is -1.14. The third-order valence-corrected chi connectivity index (χ3v) is 2.03. The summed E-state index contributed by atoms with van der Waals surface area (Å²) in [5.74, 6) is -1.25. The van der Waals surface area contributed by atoms with E-state index in [0.717, 1.165) is 0 Å². The minimum Gasteiger partial charge on any atom is -0.481 e. The molecular weight excluding hydrogens is 228 g/mol. The van der Waals surface area contributed by atoms with Crippen LogP contribution in [0.3, 0.4) is 0 Å². The molecule has 0 aromatic rings. The van der Waals surface area contributed by atoms with Gasteiger partial charge in [0.1, 0.15) is 0 Å². The summed E-state index contributed by atoms with van der Waals surface area (Å²) in [4.78, 5) is 21.5. The van der Waals surface area contributed by atoms with Gasteiger partial charge in [-0.15, -0.1) is 0 Å². The first kappa shape index (κ1) is 15.9. The summed E-state index contributed by atoms with van der Waals surface area (Å²) in [5.41, 5.74) is 0. The fourth-order valence-electron chi connectivity index (χ4n) is 1.14. The van der Waals surface area contributed by atoms with E-state index in [9.17, 15) is 9.59 Å². The zero-order valence-electron chi connectivity index (χ0n) is 10.5. The van der Waals surface area contributed by atoms with E-state index in [0.29, 0.717) is 12.8 Å². The number of carboxylic acid groups (broad SMARTS) is 1. The quantitative estimate of drug-likeness (QED) is 0.378. The van der Waals surface area contributed by atoms with Crippen LogP contribution in [0.1, 0.15) is 39.5 Å². The molecular formula is C11H20O6. The van der Waals surface area contributed by atoms with Gasteiger partial charge in [0.25, 0.3) is 0 Å². The van der Waals surface area contributed by atoms with E-state index in [1.807, 2.05) is 0 Å². The first-order chi connectivity index (χ1) is 7.95. The molecule has 100 valence electrons. The maximum absolute atomic E-state index is 11.3. The third kappa shape index (κ3) is 9.77. The SMILES string of the molecule is COC(C)OC(C)OC(=O)CCCCC(=O)O. The first-order valence-electron chi connectivity index (χ1n) is 5.55. The average Bonchev–Trinajstić information content (AvgIpc) is 2.23. The Morgan fingerprint density at radius 1 is 1.12 bits per heavy atom. The van der Waals surface area contributed by atoms with Gasteiger partial charge in [-0.3, -0.25) is 9.59 Å². The van der Waals surface area contributed by atoms with E-state index in [-0.39, 0.29) is 12.8 Å². The van der Waals surface area contributed by atoms with Gasteiger partial charge >= 0.3 is 11.9 Å². The second-order valence-electron chi connectivity index (χ2n) is 3.60. The summed E-state index contributed by atoms with van der Waals surface area (Å²) >= 11 is 0. The standard InChI is InChI=1S/C11H20O6/c1-8(15-3)16-9(2)17-11(14)7-5-4-6-10(12)13/h8-9H,4-7H2,1-3H3,(H,12,13). The molecule has 0 aliphatic carbocycles. The van der Waals surface area contributed by atoms with Crippen LogP contribution in [0.2, 0.25) is 0 Å². The molecule has 1 N–H and O–H groups in total. The van der Waals surface area contributed by atoms with E-state index >= 15 is 0 Å². The number of methoxy groups -OCH3 is 1. The summed E-state index contributed by atoms with van der Waals surface area (Å²) in [6, 6.07) is 0. The molecule has 0 aromatic heterocycles. The van der Waals surface area contributed by atoms with Crippen molar-refractivity contribution < 1.29 is 28.9 Å². The van der Waals surface area contributed by atoms with E-state index in [1.165, 1.54) is 7.11 Å². The summed E-state index contributed by atoms with van der Waals surface area (Å²) in [5, 5.41) is 8.40. The van der Waals surface area contributed by atoms with Crippen LogP contribution in [0.25, 0.3) is 0 Å². The molecule has 2 atom stereocenters. The normalized spacial score (nSPS) is 14.1. The third-order valence-electron chi connectivity index (χ3n) is 2.03. The average molecular weight is 248 g/mol. The predicted octanol–water partition coefficient (Wildman–Crippen LogP) is 1.53. The number of carboxylic acids is 1. The number of esters is 1. The summed E-state index contributed by atoms with van der Waals surface area (Å²) in [6.45, 7) is 3.29. The number of hydrogen-bond donors (Lipinski definition) is 1. The molecule has 0 fully saturated rings. The van der Waals surface area contributed by atoms with Gasteiger partial charge in [-0.1, -0.05) is 0 Å². The molecule has 0 aliphatic rings. The van der Waals surface area contributed by atoms with Gasteiger partial charge in [0.05, 0.1) is 0 Å². The van der Waals surface area contributed by atoms with E-state index in [1.54, 1.807) is 13.8 Å². The Kier molecular flexibility index (Phi) is 8.35. The number of carbonyl (C=O) groups excluding carboxylic acids is 1. The highest BCUT2D eigenvalue weighted by atomic mass is 16.8. The lowest BCUT2D eigenvalue weighted by molar-refractivity contribution is -0.222. The summed E-state index contributed by atoms with van der Waals surface area (Å²) in [7, 11) is 1.49. The molecule has 0 rings (SSSR count). The Morgan fingerprint density at radius 2 is 1.71 bits per heavy atom. The van der Waals surface area contributed by atoms with Gasteiger partial charge < -0.3 is 19.3 Å². The van der Waals surface area contributed by atoms with Crippen LogP contribution in [-0.4, -0.2) is 36.7 Å². The second kappa shape index (κ2) is 8.95. The molecule has 0 saturated heterocycles. The number of hydrogen-bond acceptors (Lipinski definition) is 5. The van der Waals surface area contributed by atoms with Crippen molar-refractivity contribution in [2.24, 2.45) is 0 Å². The van der Waals surface area contributed by atoms with Crippen LogP contribution in [0.5, 0.6) is 0 Å². The van der Waals surface area contributed by atoms with Crippen LogP contribution in [0.15, 0.2) is 0 Å². The second-order valence-corrected chi connectivity index (χ2v) is 3.60. The lowest BCUT2D eigenvalue weighted by Gasteiger charge is -2.17. The molecule has 0 spiro atoms. The van der Waals surface area contributed by atoms with E-state index in [4.69, 9.17) is 19.3 Å². The van der Waals surface area contributed by atoms with Crippen molar-refractivity contribution in [3.05, 3.63) is 0 Å². The lowest BCUT2D eigenvalue weighted by Crippen LogP contribution is -2.23. The number of unbranched alkanes of at least 4 members (excludes halogenated alkanes) is 1. The smallest absolute Gasteiger partial charge is 0.308 e. The van der Waals surface area contributed by atoms with Gasteiger partial charge in [-0.2, -0.15) is 0 Å². The minimum atomic E-state index is -0.857. The van der Waals surface area contributed by atoms with Crippen LogP contribution < -0.4 is 0 Å². The van der Waals surface area contributed by atoms with Gasteiger partial charge in [-0.05, 0) is 26.7 Å². The highest BCUT2D eigenvalue weighted by Gasteiger charge is 2.12. The van der Waals surface area contributed by atoms with Crippen molar-refractivity contribution in [3.63, 3.8) is 0 Å². The van der Waals surface area contributed by atoms with Gasteiger partial charge in [0, 0.05) is 20.0 Å². The van der Waals surface area contributed by atoms with Crippen LogP contribution >= 0.6 is 0 Å². The summed E-state index contributed by atoms with van der Waals surface area (Å²) in [6.07, 6.45) is 0.121. The van der Waals surface area contributed by atoms with Crippen molar-refractivity contribution in [1.82, 2.24) is 0 Å². The van der Waals surface area contributed by atoms with Crippen molar-refractivity contribution in [2.75, 3.05) is 7.11 Å². The number of aliphatic carboxylic acids is 1. The predicted molar refractivity (Wildman–Crippen MR) is 59.2 cm³/mol.